The largest absolute Gasteiger partial charge is 0.478 e. The van der Waals surface area contributed by atoms with Crippen molar-refractivity contribution in [3.63, 3.8) is 0 Å². The Balaban J connectivity index is 1.20. The van der Waals surface area contributed by atoms with E-state index in [0.717, 1.165) is 38.0 Å². The number of piperazine rings is 1. The van der Waals surface area contributed by atoms with E-state index in [1.165, 1.54) is 21.6 Å². The number of carboxylic acid groups (broad SMARTS) is 1. The van der Waals surface area contributed by atoms with E-state index in [2.05, 4.69) is 36.9 Å². The second-order valence-corrected chi connectivity index (χ2v) is 12.6. The number of ether oxygens (including phenoxy) is 1. The van der Waals surface area contributed by atoms with Crippen LogP contribution < -0.4 is 9.64 Å². The zero-order chi connectivity index (χ0) is 30.0. The van der Waals surface area contributed by atoms with Crippen molar-refractivity contribution < 1.29 is 24.2 Å². The van der Waals surface area contributed by atoms with Gasteiger partial charge in [0.2, 0.25) is 5.91 Å². The van der Waals surface area contributed by atoms with E-state index in [4.69, 9.17) is 4.74 Å². The van der Waals surface area contributed by atoms with Gasteiger partial charge in [0.25, 0.3) is 5.91 Å². The van der Waals surface area contributed by atoms with Crippen LogP contribution >= 0.6 is 0 Å². The lowest BCUT2D eigenvalue weighted by Crippen LogP contribution is -2.56. The zero-order valence-electron chi connectivity index (χ0n) is 25.3. The van der Waals surface area contributed by atoms with Gasteiger partial charge >= 0.3 is 6.09 Å². The van der Waals surface area contributed by atoms with Crippen LogP contribution in [-0.2, 0) is 22.6 Å². The van der Waals surface area contributed by atoms with Crippen LogP contribution in [0.3, 0.4) is 0 Å². The number of benzene rings is 2. The number of fused-ring (bicyclic) bond motifs is 1. The molecule has 42 heavy (non-hydrogen) atoms. The molecule has 9 heteroatoms. The van der Waals surface area contributed by atoms with Crippen molar-refractivity contribution in [3.05, 3.63) is 59.2 Å². The topological polar surface area (TPSA) is 93.6 Å². The SMILES string of the molecule is CC(C)c1ccc2c(c1)CCN(C(=O)[C@@H]1CCCN(c3cccc(OC(C)(C)C(=O)N4CCN(C(=O)O)CC4)c3)C1)C2. The predicted molar refractivity (Wildman–Crippen MR) is 162 cm³/mol. The van der Waals surface area contributed by atoms with E-state index in [1.54, 1.807) is 18.7 Å². The van der Waals surface area contributed by atoms with Crippen LogP contribution in [0.2, 0.25) is 0 Å². The maximum absolute atomic E-state index is 13.6. The van der Waals surface area contributed by atoms with Crippen LogP contribution in [0.1, 0.15) is 63.1 Å². The smallest absolute Gasteiger partial charge is 0.407 e. The van der Waals surface area contributed by atoms with E-state index < -0.39 is 11.7 Å². The average molecular weight is 577 g/mol. The zero-order valence-corrected chi connectivity index (χ0v) is 25.3. The molecule has 9 nitrogen and oxygen atoms in total. The summed E-state index contributed by atoms with van der Waals surface area (Å²) in [7, 11) is 0. The monoisotopic (exact) mass is 576 g/mol. The predicted octanol–water partition coefficient (Wildman–Crippen LogP) is 4.59. The number of amides is 3. The van der Waals surface area contributed by atoms with E-state index in [1.807, 2.05) is 29.2 Å². The van der Waals surface area contributed by atoms with Crippen molar-refractivity contribution in [1.82, 2.24) is 14.7 Å². The van der Waals surface area contributed by atoms with Crippen molar-refractivity contribution in [2.75, 3.05) is 50.7 Å². The molecule has 3 aliphatic heterocycles. The lowest BCUT2D eigenvalue weighted by molar-refractivity contribution is -0.147. The normalized spacial score (nSPS) is 19.5. The van der Waals surface area contributed by atoms with Crippen molar-refractivity contribution in [1.29, 1.82) is 0 Å². The van der Waals surface area contributed by atoms with Crippen molar-refractivity contribution in [3.8, 4) is 5.75 Å². The maximum atomic E-state index is 13.6. The summed E-state index contributed by atoms with van der Waals surface area (Å²) in [6.07, 6.45) is 1.77. The lowest BCUT2D eigenvalue weighted by Gasteiger charge is -2.38. The molecule has 3 amide bonds. The summed E-state index contributed by atoms with van der Waals surface area (Å²) >= 11 is 0. The Labute approximate surface area is 249 Å². The highest BCUT2D eigenvalue weighted by atomic mass is 16.5. The lowest BCUT2D eigenvalue weighted by atomic mass is 9.91. The van der Waals surface area contributed by atoms with Crippen LogP contribution in [0.15, 0.2) is 42.5 Å². The molecule has 2 saturated heterocycles. The first kappa shape index (κ1) is 29.7. The number of hydrogen-bond donors (Lipinski definition) is 1. The van der Waals surface area contributed by atoms with Gasteiger partial charge in [0.1, 0.15) is 5.75 Å². The third kappa shape index (κ3) is 6.50. The molecule has 226 valence electrons. The molecule has 1 N–H and O–H groups in total. The minimum Gasteiger partial charge on any atom is -0.478 e. The highest BCUT2D eigenvalue weighted by Gasteiger charge is 2.37. The number of nitrogens with zero attached hydrogens (tertiary/aromatic N) is 4. The molecule has 0 aromatic heterocycles. The molecule has 2 fully saturated rings. The molecule has 3 aliphatic rings. The van der Waals surface area contributed by atoms with Crippen molar-refractivity contribution >= 4 is 23.6 Å². The van der Waals surface area contributed by atoms with Crippen LogP contribution in [0.4, 0.5) is 10.5 Å². The van der Waals surface area contributed by atoms with Gasteiger partial charge in [-0.1, -0.05) is 38.1 Å². The minimum atomic E-state index is -1.11. The summed E-state index contributed by atoms with van der Waals surface area (Å²) in [4.78, 5) is 45.4. The molecular formula is C33H44N4O5. The van der Waals surface area contributed by atoms with Gasteiger partial charge in [0.15, 0.2) is 5.60 Å². The van der Waals surface area contributed by atoms with E-state index in [-0.39, 0.29) is 17.7 Å². The number of carbonyl (C=O) groups excluding carboxylic acids is 2. The van der Waals surface area contributed by atoms with E-state index >= 15 is 0 Å². The van der Waals surface area contributed by atoms with Gasteiger partial charge in [0.05, 0.1) is 5.92 Å². The molecule has 2 aromatic carbocycles. The summed E-state index contributed by atoms with van der Waals surface area (Å²) < 4.78 is 6.23. The summed E-state index contributed by atoms with van der Waals surface area (Å²) in [5.74, 6) is 1.12. The third-order valence-electron chi connectivity index (χ3n) is 8.90. The molecule has 0 radical (unpaired) electrons. The van der Waals surface area contributed by atoms with Crippen molar-refractivity contribution in [2.45, 2.75) is 65.0 Å². The highest BCUT2D eigenvalue weighted by Crippen LogP contribution is 2.31. The van der Waals surface area contributed by atoms with Crippen molar-refractivity contribution in [2.24, 2.45) is 5.92 Å². The van der Waals surface area contributed by atoms with Gasteiger partial charge in [0, 0.05) is 64.1 Å². The Kier molecular flexibility index (Phi) is 8.66. The first-order valence-corrected chi connectivity index (χ1v) is 15.2. The summed E-state index contributed by atoms with van der Waals surface area (Å²) in [5, 5.41) is 9.20. The van der Waals surface area contributed by atoms with Crippen LogP contribution in [0.5, 0.6) is 5.75 Å². The maximum Gasteiger partial charge on any atom is 0.407 e. The number of rotatable bonds is 6. The molecule has 3 heterocycles. The minimum absolute atomic E-state index is 0.0534. The summed E-state index contributed by atoms with van der Waals surface area (Å²) in [6.45, 7) is 12.2. The second-order valence-electron chi connectivity index (χ2n) is 12.6. The van der Waals surface area contributed by atoms with Gasteiger partial charge in [-0.15, -0.1) is 0 Å². The van der Waals surface area contributed by atoms with Gasteiger partial charge in [-0.2, -0.15) is 0 Å². The van der Waals surface area contributed by atoms with E-state index in [0.29, 0.717) is 50.9 Å². The Morgan fingerprint density at radius 2 is 1.64 bits per heavy atom. The molecule has 0 aliphatic carbocycles. The number of carbonyl (C=O) groups is 3. The first-order chi connectivity index (χ1) is 20.0. The van der Waals surface area contributed by atoms with Crippen LogP contribution in [0, 0.1) is 5.92 Å². The summed E-state index contributed by atoms with van der Waals surface area (Å²) in [6, 6.07) is 14.5. The van der Waals surface area contributed by atoms with Gasteiger partial charge in [-0.05, 0) is 67.9 Å². The fraction of sp³-hybridized carbons (Fsp3) is 0.545. The molecule has 0 bridgehead atoms. The Morgan fingerprint density at radius 1 is 0.905 bits per heavy atom. The standard InChI is InChI=1S/C33H44N4O5/c1-23(2)24-10-11-26-21-37(14-12-25(26)19-24)30(38)27-7-6-13-36(22-27)28-8-5-9-29(20-28)42-33(3,4)31(39)34-15-17-35(18-16-34)32(40)41/h5,8-11,19-20,23,27H,6-7,12-18,21-22H2,1-4H3,(H,40,41)/t27-/m1/s1. The Hall–Kier alpha value is -3.75. The highest BCUT2D eigenvalue weighted by molar-refractivity contribution is 5.85. The van der Waals surface area contributed by atoms with Gasteiger partial charge in [-0.25, -0.2) is 4.79 Å². The average Bonchev–Trinajstić information content (AvgIpc) is 2.99. The number of piperidine rings is 1. The Morgan fingerprint density at radius 3 is 2.36 bits per heavy atom. The Bertz CT molecular complexity index is 1320. The van der Waals surface area contributed by atoms with E-state index in [9.17, 15) is 19.5 Å². The number of anilines is 1. The van der Waals surface area contributed by atoms with Crippen LogP contribution in [0.25, 0.3) is 0 Å². The molecular weight excluding hydrogens is 532 g/mol. The molecule has 2 aromatic rings. The van der Waals surface area contributed by atoms with Gasteiger partial charge in [-0.3, -0.25) is 9.59 Å². The molecule has 0 saturated carbocycles. The quantitative estimate of drug-likeness (QED) is 0.541. The summed E-state index contributed by atoms with van der Waals surface area (Å²) in [5.41, 5.74) is 3.86. The molecule has 5 rings (SSSR count). The number of hydrogen-bond acceptors (Lipinski definition) is 5. The third-order valence-corrected chi connectivity index (χ3v) is 8.90. The van der Waals surface area contributed by atoms with Crippen LogP contribution in [-0.4, -0.2) is 89.1 Å². The molecule has 0 unspecified atom stereocenters. The fourth-order valence-electron chi connectivity index (χ4n) is 6.36. The molecule has 1 atom stereocenters. The fourth-order valence-corrected chi connectivity index (χ4v) is 6.36. The molecule has 0 spiro atoms. The second kappa shape index (κ2) is 12.2. The first-order valence-electron chi connectivity index (χ1n) is 15.2. The van der Waals surface area contributed by atoms with Gasteiger partial charge < -0.3 is 29.4 Å².